The van der Waals surface area contributed by atoms with E-state index in [-0.39, 0.29) is 5.91 Å². The molecular weight excluding hydrogens is 228 g/mol. The normalized spacial score (nSPS) is 10.4. The van der Waals surface area contributed by atoms with Gasteiger partial charge in [-0.25, -0.2) is 0 Å². The van der Waals surface area contributed by atoms with Crippen molar-refractivity contribution in [3.05, 3.63) is 29.8 Å². The Morgan fingerprint density at radius 1 is 1.33 bits per heavy atom. The number of methoxy groups -OCH3 is 1. The average Bonchev–Trinajstić information content (AvgIpc) is 2.42. The van der Waals surface area contributed by atoms with Crippen molar-refractivity contribution in [3.63, 3.8) is 0 Å². The van der Waals surface area contributed by atoms with E-state index in [0.29, 0.717) is 19.6 Å². The third kappa shape index (κ3) is 4.13. The molecule has 4 heteroatoms. The predicted octanol–water partition coefficient (Wildman–Crippen LogP) is 1.92. The molecule has 0 saturated carbocycles. The molecule has 4 nitrogen and oxygen atoms in total. The van der Waals surface area contributed by atoms with E-state index in [1.165, 1.54) is 0 Å². The first-order valence-electron chi connectivity index (χ1n) is 6.31. The van der Waals surface area contributed by atoms with Gasteiger partial charge in [-0.15, -0.1) is 0 Å². The highest BCUT2D eigenvalue weighted by molar-refractivity contribution is 5.93. The summed E-state index contributed by atoms with van der Waals surface area (Å²) < 4.78 is 4.95. The van der Waals surface area contributed by atoms with Crippen LogP contribution in [0.4, 0.5) is 5.69 Å². The van der Waals surface area contributed by atoms with Crippen LogP contribution in [0.5, 0.6) is 0 Å². The van der Waals surface area contributed by atoms with Crippen LogP contribution in [0.3, 0.4) is 0 Å². The topological polar surface area (TPSA) is 55.6 Å². The van der Waals surface area contributed by atoms with E-state index in [0.717, 1.165) is 24.2 Å². The molecule has 0 aliphatic heterocycles. The third-order valence-electron chi connectivity index (χ3n) is 2.75. The first-order valence-corrected chi connectivity index (χ1v) is 6.31. The SMILES string of the molecule is CCCN(C(=O)CCOC)c1ccc(CN)cc1. The number of carbonyl (C=O) groups is 1. The number of anilines is 1. The lowest BCUT2D eigenvalue weighted by atomic mass is 10.2. The fourth-order valence-electron chi connectivity index (χ4n) is 1.76. The maximum Gasteiger partial charge on any atom is 0.229 e. The maximum absolute atomic E-state index is 12.1. The molecule has 1 rings (SSSR count). The molecule has 0 saturated heterocycles. The molecule has 0 aliphatic carbocycles. The smallest absolute Gasteiger partial charge is 0.229 e. The van der Waals surface area contributed by atoms with Crippen LogP contribution >= 0.6 is 0 Å². The second kappa shape index (κ2) is 7.84. The number of ether oxygens (including phenoxy) is 1. The fraction of sp³-hybridized carbons (Fsp3) is 0.500. The molecule has 1 aromatic carbocycles. The van der Waals surface area contributed by atoms with Crippen molar-refractivity contribution in [2.75, 3.05) is 25.2 Å². The second-order valence-electron chi connectivity index (χ2n) is 4.16. The zero-order valence-electron chi connectivity index (χ0n) is 11.2. The van der Waals surface area contributed by atoms with E-state index >= 15 is 0 Å². The van der Waals surface area contributed by atoms with Crippen molar-refractivity contribution in [2.24, 2.45) is 5.73 Å². The van der Waals surface area contributed by atoms with Crippen LogP contribution < -0.4 is 10.6 Å². The van der Waals surface area contributed by atoms with E-state index in [9.17, 15) is 4.79 Å². The average molecular weight is 250 g/mol. The predicted molar refractivity (Wildman–Crippen MR) is 73.5 cm³/mol. The van der Waals surface area contributed by atoms with Crippen LogP contribution in [-0.2, 0) is 16.1 Å². The van der Waals surface area contributed by atoms with E-state index < -0.39 is 0 Å². The third-order valence-corrected chi connectivity index (χ3v) is 2.75. The first-order chi connectivity index (χ1) is 8.72. The van der Waals surface area contributed by atoms with Gasteiger partial charge in [0.25, 0.3) is 0 Å². The minimum absolute atomic E-state index is 0.0965. The van der Waals surface area contributed by atoms with Gasteiger partial charge in [-0.05, 0) is 24.1 Å². The van der Waals surface area contributed by atoms with E-state index in [2.05, 4.69) is 6.92 Å². The highest BCUT2D eigenvalue weighted by atomic mass is 16.5. The molecule has 0 bridgehead atoms. The van der Waals surface area contributed by atoms with Crippen LogP contribution in [-0.4, -0.2) is 26.2 Å². The van der Waals surface area contributed by atoms with Gasteiger partial charge < -0.3 is 15.4 Å². The summed E-state index contributed by atoms with van der Waals surface area (Å²) in [6, 6.07) is 7.81. The molecule has 100 valence electrons. The zero-order chi connectivity index (χ0) is 13.4. The highest BCUT2D eigenvalue weighted by Crippen LogP contribution is 2.16. The van der Waals surface area contributed by atoms with Crippen molar-refractivity contribution in [1.82, 2.24) is 0 Å². The summed E-state index contributed by atoms with van der Waals surface area (Å²) in [6.07, 6.45) is 1.34. The molecule has 2 N–H and O–H groups in total. The maximum atomic E-state index is 12.1. The minimum Gasteiger partial charge on any atom is -0.384 e. The van der Waals surface area contributed by atoms with E-state index in [4.69, 9.17) is 10.5 Å². The largest absolute Gasteiger partial charge is 0.384 e. The Kier molecular flexibility index (Phi) is 6.39. The Morgan fingerprint density at radius 2 is 2.00 bits per heavy atom. The number of nitrogens with zero attached hydrogens (tertiary/aromatic N) is 1. The minimum atomic E-state index is 0.0965. The molecule has 0 spiro atoms. The zero-order valence-corrected chi connectivity index (χ0v) is 11.2. The number of nitrogens with two attached hydrogens (primary N) is 1. The second-order valence-corrected chi connectivity index (χ2v) is 4.16. The molecule has 0 aliphatic rings. The van der Waals surface area contributed by atoms with E-state index in [1.807, 2.05) is 24.3 Å². The first kappa shape index (κ1) is 14.7. The summed E-state index contributed by atoms with van der Waals surface area (Å²) in [5.41, 5.74) is 7.56. The lowest BCUT2D eigenvalue weighted by molar-refractivity contribution is -0.119. The molecular formula is C14H22N2O2. The van der Waals surface area contributed by atoms with Crippen molar-refractivity contribution >= 4 is 11.6 Å². The van der Waals surface area contributed by atoms with Crippen molar-refractivity contribution in [2.45, 2.75) is 26.3 Å². The highest BCUT2D eigenvalue weighted by Gasteiger charge is 2.14. The van der Waals surface area contributed by atoms with E-state index in [1.54, 1.807) is 12.0 Å². The summed E-state index contributed by atoms with van der Waals surface area (Å²) in [5.74, 6) is 0.0965. The number of rotatable bonds is 7. The van der Waals surface area contributed by atoms with Gasteiger partial charge in [0.2, 0.25) is 5.91 Å². The number of hydrogen-bond acceptors (Lipinski definition) is 3. The quantitative estimate of drug-likeness (QED) is 0.804. The van der Waals surface area contributed by atoms with Gasteiger partial charge in [0.15, 0.2) is 0 Å². The summed E-state index contributed by atoms with van der Waals surface area (Å²) >= 11 is 0. The van der Waals surface area contributed by atoms with Gasteiger partial charge in [0.05, 0.1) is 13.0 Å². The molecule has 1 amide bonds. The van der Waals surface area contributed by atoms with Crippen LogP contribution in [0, 0.1) is 0 Å². The molecule has 0 heterocycles. The Labute approximate surface area is 109 Å². The van der Waals surface area contributed by atoms with Crippen LogP contribution in [0.2, 0.25) is 0 Å². The monoisotopic (exact) mass is 250 g/mol. The Bertz CT molecular complexity index is 363. The van der Waals surface area contributed by atoms with Gasteiger partial charge in [0, 0.05) is 25.9 Å². The Balaban J connectivity index is 2.78. The molecule has 18 heavy (non-hydrogen) atoms. The summed E-state index contributed by atoms with van der Waals surface area (Å²) in [5, 5.41) is 0. The lowest BCUT2D eigenvalue weighted by Gasteiger charge is -2.22. The van der Waals surface area contributed by atoms with Gasteiger partial charge >= 0.3 is 0 Å². The van der Waals surface area contributed by atoms with Gasteiger partial charge in [-0.3, -0.25) is 4.79 Å². The summed E-state index contributed by atoms with van der Waals surface area (Å²) in [7, 11) is 1.60. The standard InChI is InChI=1S/C14H22N2O2/c1-3-9-16(14(17)8-10-18-2)13-6-4-12(11-15)5-7-13/h4-7H,3,8-11,15H2,1-2H3. The lowest BCUT2D eigenvalue weighted by Crippen LogP contribution is -2.32. The molecule has 0 radical (unpaired) electrons. The van der Waals surface area contributed by atoms with Gasteiger partial charge in [-0.2, -0.15) is 0 Å². The van der Waals surface area contributed by atoms with Crippen LogP contribution in [0.1, 0.15) is 25.3 Å². The molecule has 0 atom stereocenters. The number of amides is 1. The number of hydrogen-bond donors (Lipinski definition) is 1. The van der Waals surface area contributed by atoms with Crippen LogP contribution in [0.25, 0.3) is 0 Å². The summed E-state index contributed by atoms with van der Waals surface area (Å²) in [6.45, 7) is 3.76. The molecule has 1 aromatic rings. The van der Waals surface area contributed by atoms with Gasteiger partial charge in [-0.1, -0.05) is 19.1 Å². The van der Waals surface area contributed by atoms with Crippen molar-refractivity contribution < 1.29 is 9.53 Å². The van der Waals surface area contributed by atoms with Gasteiger partial charge in [0.1, 0.15) is 0 Å². The fourth-order valence-corrected chi connectivity index (χ4v) is 1.76. The van der Waals surface area contributed by atoms with Crippen molar-refractivity contribution in [3.8, 4) is 0 Å². The Morgan fingerprint density at radius 3 is 2.50 bits per heavy atom. The molecule has 0 aromatic heterocycles. The van der Waals surface area contributed by atoms with Crippen LogP contribution in [0.15, 0.2) is 24.3 Å². The molecule has 0 unspecified atom stereocenters. The summed E-state index contributed by atoms with van der Waals surface area (Å²) in [4.78, 5) is 13.9. The number of carbonyl (C=O) groups excluding carboxylic acids is 1. The number of benzene rings is 1. The Hall–Kier alpha value is -1.39. The molecule has 0 fully saturated rings. The van der Waals surface area contributed by atoms with Crippen molar-refractivity contribution in [1.29, 1.82) is 0 Å².